The minimum absolute atomic E-state index is 0.527. The molecule has 26 heavy (non-hydrogen) atoms. The Kier molecular flexibility index (Phi) is 7.67. The molecule has 0 saturated heterocycles. The summed E-state index contributed by atoms with van der Waals surface area (Å²) in [4.78, 5) is 4.11. The molecule has 2 heterocycles. The highest BCUT2D eigenvalue weighted by atomic mass is 35.5. The first-order valence-electron chi connectivity index (χ1n) is 9.53. The van der Waals surface area contributed by atoms with Crippen LogP contribution >= 0.6 is 11.6 Å². The Morgan fingerprint density at radius 1 is 1.19 bits per heavy atom. The standard InChI is InChI=1S/C20H23ClN2O.C2H6/c1-3-6-18-16(4-2)17-11-15(21)8-9-19(17)23(18)13-20(24)14-7-5-10-22-12-14;1-2/h5,7-12,20,24H,3-4,6,13H2,1-2H3;1-2H3. The number of aromatic nitrogens is 2. The number of hydrogen-bond acceptors (Lipinski definition) is 2. The van der Waals surface area contributed by atoms with E-state index in [2.05, 4.69) is 29.5 Å². The van der Waals surface area contributed by atoms with E-state index in [0.717, 1.165) is 35.4 Å². The molecule has 3 aromatic rings. The average Bonchev–Trinajstić information content (AvgIpc) is 2.96. The maximum atomic E-state index is 10.7. The zero-order chi connectivity index (χ0) is 19.1. The van der Waals surface area contributed by atoms with Crippen molar-refractivity contribution in [3.05, 3.63) is 64.6 Å². The van der Waals surface area contributed by atoms with Crippen LogP contribution in [0.4, 0.5) is 0 Å². The molecule has 0 bridgehead atoms. The fourth-order valence-electron chi connectivity index (χ4n) is 3.43. The highest BCUT2D eigenvalue weighted by molar-refractivity contribution is 6.31. The van der Waals surface area contributed by atoms with E-state index in [4.69, 9.17) is 11.6 Å². The van der Waals surface area contributed by atoms with E-state index in [1.807, 2.05) is 38.1 Å². The van der Waals surface area contributed by atoms with Gasteiger partial charge in [0.05, 0.1) is 12.6 Å². The van der Waals surface area contributed by atoms with Gasteiger partial charge in [0, 0.05) is 39.6 Å². The summed E-state index contributed by atoms with van der Waals surface area (Å²) in [5.41, 5.74) is 4.63. The van der Waals surface area contributed by atoms with Crippen molar-refractivity contribution >= 4 is 22.5 Å². The smallest absolute Gasteiger partial charge is 0.0983 e. The first kappa shape index (κ1) is 20.5. The van der Waals surface area contributed by atoms with Gasteiger partial charge in [-0.25, -0.2) is 0 Å². The van der Waals surface area contributed by atoms with Crippen LogP contribution in [0.1, 0.15) is 57.0 Å². The normalized spacial score (nSPS) is 11.9. The Morgan fingerprint density at radius 2 is 1.96 bits per heavy atom. The Balaban J connectivity index is 0.00000117. The second-order valence-corrected chi connectivity index (χ2v) is 6.54. The monoisotopic (exact) mass is 372 g/mol. The van der Waals surface area contributed by atoms with E-state index in [1.165, 1.54) is 16.6 Å². The largest absolute Gasteiger partial charge is 0.386 e. The molecular weight excluding hydrogens is 344 g/mol. The number of pyridine rings is 1. The van der Waals surface area contributed by atoms with Gasteiger partial charge >= 0.3 is 0 Å². The molecule has 1 aromatic carbocycles. The van der Waals surface area contributed by atoms with E-state index in [0.29, 0.717) is 6.54 Å². The maximum absolute atomic E-state index is 10.7. The Labute approximate surface area is 161 Å². The summed E-state index contributed by atoms with van der Waals surface area (Å²) in [5, 5.41) is 12.6. The number of fused-ring (bicyclic) bond motifs is 1. The zero-order valence-electron chi connectivity index (χ0n) is 16.2. The molecule has 1 N–H and O–H groups in total. The van der Waals surface area contributed by atoms with Crippen molar-refractivity contribution in [1.29, 1.82) is 0 Å². The van der Waals surface area contributed by atoms with Crippen molar-refractivity contribution in [2.24, 2.45) is 0 Å². The van der Waals surface area contributed by atoms with Crippen molar-refractivity contribution in [2.75, 3.05) is 0 Å². The summed E-state index contributed by atoms with van der Waals surface area (Å²) >= 11 is 6.22. The molecule has 0 aliphatic heterocycles. The first-order valence-corrected chi connectivity index (χ1v) is 9.91. The summed E-state index contributed by atoms with van der Waals surface area (Å²) in [5.74, 6) is 0. The third-order valence-electron chi connectivity index (χ3n) is 4.51. The van der Waals surface area contributed by atoms with Gasteiger partial charge < -0.3 is 9.67 Å². The molecule has 3 rings (SSSR count). The third kappa shape index (κ3) is 4.28. The fourth-order valence-corrected chi connectivity index (χ4v) is 3.60. The van der Waals surface area contributed by atoms with E-state index in [1.54, 1.807) is 12.4 Å². The zero-order valence-corrected chi connectivity index (χ0v) is 16.9. The van der Waals surface area contributed by atoms with E-state index in [9.17, 15) is 5.11 Å². The number of aryl methyl sites for hydroxylation is 1. The molecular formula is C22H29ClN2O. The Bertz CT molecular complexity index is 827. The van der Waals surface area contributed by atoms with Crippen LogP contribution < -0.4 is 0 Å². The lowest BCUT2D eigenvalue weighted by molar-refractivity contribution is 0.156. The summed E-state index contributed by atoms with van der Waals surface area (Å²) in [6.45, 7) is 8.89. The molecule has 0 aliphatic carbocycles. The number of benzene rings is 1. The second-order valence-electron chi connectivity index (χ2n) is 6.10. The maximum Gasteiger partial charge on any atom is 0.0983 e. The number of aliphatic hydroxyl groups excluding tert-OH is 1. The van der Waals surface area contributed by atoms with Gasteiger partial charge in [-0.1, -0.05) is 51.8 Å². The number of rotatable bonds is 6. The predicted octanol–water partition coefficient (Wildman–Crippen LogP) is 5.96. The van der Waals surface area contributed by atoms with Gasteiger partial charge in [-0.2, -0.15) is 0 Å². The van der Waals surface area contributed by atoms with Crippen LogP contribution in [0.25, 0.3) is 10.9 Å². The van der Waals surface area contributed by atoms with E-state index in [-0.39, 0.29) is 0 Å². The predicted molar refractivity (Wildman–Crippen MR) is 111 cm³/mol. The summed E-state index contributed by atoms with van der Waals surface area (Å²) in [6.07, 6.45) is 5.90. The quantitative estimate of drug-likeness (QED) is 0.579. The molecule has 2 aromatic heterocycles. The molecule has 0 aliphatic rings. The van der Waals surface area contributed by atoms with Gasteiger partial charge in [-0.05, 0) is 42.7 Å². The topological polar surface area (TPSA) is 38.0 Å². The van der Waals surface area contributed by atoms with Crippen LogP contribution in [0.5, 0.6) is 0 Å². The van der Waals surface area contributed by atoms with Crippen molar-refractivity contribution in [3.63, 3.8) is 0 Å². The van der Waals surface area contributed by atoms with Gasteiger partial charge in [-0.15, -0.1) is 0 Å². The van der Waals surface area contributed by atoms with Crippen LogP contribution in [0, 0.1) is 0 Å². The molecule has 1 atom stereocenters. The highest BCUT2D eigenvalue weighted by Crippen LogP contribution is 2.31. The number of nitrogens with zero attached hydrogens (tertiary/aromatic N) is 2. The number of halogens is 1. The van der Waals surface area contributed by atoms with Crippen molar-refractivity contribution in [3.8, 4) is 0 Å². The van der Waals surface area contributed by atoms with Gasteiger partial charge in [0.2, 0.25) is 0 Å². The average molecular weight is 373 g/mol. The Hall–Kier alpha value is -1.84. The molecule has 140 valence electrons. The van der Waals surface area contributed by atoms with Gasteiger partial charge in [-0.3, -0.25) is 4.98 Å². The molecule has 0 amide bonds. The minimum atomic E-state index is -0.578. The van der Waals surface area contributed by atoms with Crippen LogP contribution in [-0.4, -0.2) is 14.7 Å². The van der Waals surface area contributed by atoms with E-state index < -0.39 is 6.10 Å². The van der Waals surface area contributed by atoms with Crippen molar-refractivity contribution < 1.29 is 5.11 Å². The number of aliphatic hydroxyl groups is 1. The molecule has 0 radical (unpaired) electrons. The van der Waals surface area contributed by atoms with Crippen molar-refractivity contribution in [2.45, 2.75) is 59.6 Å². The number of hydrogen-bond donors (Lipinski definition) is 1. The summed E-state index contributed by atoms with van der Waals surface area (Å²) < 4.78 is 2.26. The van der Waals surface area contributed by atoms with Crippen LogP contribution in [0.15, 0.2) is 42.7 Å². The molecule has 0 fully saturated rings. The van der Waals surface area contributed by atoms with Crippen LogP contribution in [-0.2, 0) is 19.4 Å². The second kappa shape index (κ2) is 9.75. The fraction of sp³-hybridized carbons (Fsp3) is 0.409. The van der Waals surface area contributed by atoms with Crippen LogP contribution in [0.2, 0.25) is 5.02 Å². The Morgan fingerprint density at radius 3 is 2.58 bits per heavy atom. The van der Waals surface area contributed by atoms with Gasteiger partial charge in [0.25, 0.3) is 0 Å². The molecule has 4 heteroatoms. The molecule has 0 spiro atoms. The lowest BCUT2D eigenvalue weighted by Gasteiger charge is -2.16. The summed E-state index contributed by atoms with van der Waals surface area (Å²) in [7, 11) is 0. The van der Waals surface area contributed by atoms with Gasteiger partial charge in [0.15, 0.2) is 0 Å². The SMILES string of the molecule is CC.CCCc1c(CC)c2cc(Cl)ccc2n1CC(O)c1cccnc1. The molecule has 1 unspecified atom stereocenters. The first-order chi connectivity index (χ1) is 12.7. The third-order valence-corrected chi connectivity index (χ3v) is 4.75. The lowest BCUT2D eigenvalue weighted by atomic mass is 10.1. The molecule has 0 saturated carbocycles. The minimum Gasteiger partial charge on any atom is -0.386 e. The highest BCUT2D eigenvalue weighted by Gasteiger charge is 2.18. The summed E-state index contributed by atoms with van der Waals surface area (Å²) in [6, 6.07) is 9.80. The van der Waals surface area contributed by atoms with Crippen molar-refractivity contribution in [1.82, 2.24) is 9.55 Å². The van der Waals surface area contributed by atoms with Gasteiger partial charge in [0.1, 0.15) is 0 Å². The lowest BCUT2D eigenvalue weighted by Crippen LogP contribution is -2.12. The molecule has 3 nitrogen and oxygen atoms in total. The van der Waals surface area contributed by atoms with E-state index >= 15 is 0 Å². The van der Waals surface area contributed by atoms with Crippen LogP contribution in [0.3, 0.4) is 0 Å².